The van der Waals surface area contributed by atoms with E-state index in [0.29, 0.717) is 5.56 Å². The average molecular weight is 343 g/mol. The van der Waals surface area contributed by atoms with Crippen molar-refractivity contribution in [2.24, 2.45) is 0 Å². The number of rotatable bonds is 2. The normalized spacial score (nSPS) is 15.2. The zero-order valence-corrected chi connectivity index (χ0v) is 15.5. The summed E-state index contributed by atoms with van der Waals surface area (Å²) in [5.41, 5.74) is 5.09. The van der Waals surface area contributed by atoms with Gasteiger partial charge in [-0.15, -0.1) is 0 Å². The first-order valence-electron chi connectivity index (χ1n) is 8.87. The molecule has 0 bridgehead atoms. The van der Waals surface area contributed by atoms with E-state index >= 15 is 0 Å². The summed E-state index contributed by atoms with van der Waals surface area (Å²) in [7, 11) is 2.10. The van der Waals surface area contributed by atoms with Gasteiger partial charge < -0.3 is 10.2 Å². The van der Waals surface area contributed by atoms with Crippen molar-refractivity contribution in [2.45, 2.75) is 19.3 Å². The number of anilines is 2. The Morgan fingerprint density at radius 1 is 1.12 bits per heavy atom. The van der Waals surface area contributed by atoms with E-state index in [4.69, 9.17) is 0 Å². The molecule has 4 rings (SSSR count). The summed E-state index contributed by atoms with van der Waals surface area (Å²) in [6.07, 6.45) is 0. The summed E-state index contributed by atoms with van der Waals surface area (Å²) in [4.78, 5) is 15.1. The third-order valence-electron chi connectivity index (χ3n) is 5.22. The lowest BCUT2D eigenvalue weighted by Gasteiger charge is -2.18. The maximum absolute atomic E-state index is 12.9. The Bertz CT molecular complexity index is 1020. The standard InChI is InChI=1S/C23H23N2O/c1-15-8-10-18-16(12-15)6-5-7-19(18)22(26)24-17-9-11-20-21(13-17)25(4)14-23(20,2)3/h5-13H,1,14H2,2-4H3,(H,24,26). The van der Waals surface area contributed by atoms with Gasteiger partial charge in [0.15, 0.2) is 0 Å². The maximum atomic E-state index is 12.9. The third-order valence-corrected chi connectivity index (χ3v) is 5.22. The molecule has 0 fully saturated rings. The maximum Gasteiger partial charge on any atom is 0.256 e. The molecule has 1 aliphatic rings. The van der Waals surface area contributed by atoms with E-state index in [2.05, 4.69) is 50.2 Å². The second-order valence-electron chi connectivity index (χ2n) is 7.79. The van der Waals surface area contributed by atoms with E-state index in [1.165, 1.54) is 11.3 Å². The molecule has 3 aromatic carbocycles. The van der Waals surface area contributed by atoms with Crippen LogP contribution in [0.3, 0.4) is 0 Å². The predicted octanol–water partition coefficient (Wildman–Crippen LogP) is 5.00. The van der Waals surface area contributed by atoms with Gasteiger partial charge in [0.25, 0.3) is 5.91 Å². The zero-order chi connectivity index (χ0) is 18.5. The number of benzene rings is 3. The first-order valence-corrected chi connectivity index (χ1v) is 8.87. The molecule has 0 saturated carbocycles. The fraction of sp³-hybridized carbons (Fsp3) is 0.217. The molecule has 1 aliphatic heterocycles. The van der Waals surface area contributed by atoms with Crippen LogP contribution >= 0.6 is 0 Å². The highest BCUT2D eigenvalue weighted by atomic mass is 16.1. The predicted molar refractivity (Wildman–Crippen MR) is 109 cm³/mol. The van der Waals surface area contributed by atoms with Crippen molar-refractivity contribution in [3.05, 3.63) is 78.2 Å². The van der Waals surface area contributed by atoms with E-state index < -0.39 is 0 Å². The van der Waals surface area contributed by atoms with E-state index in [1.54, 1.807) is 0 Å². The van der Waals surface area contributed by atoms with Gasteiger partial charge in [0.2, 0.25) is 0 Å². The van der Waals surface area contributed by atoms with Crippen LogP contribution in [0.4, 0.5) is 11.4 Å². The molecule has 1 N–H and O–H groups in total. The van der Waals surface area contributed by atoms with Gasteiger partial charge in [0, 0.05) is 35.9 Å². The van der Waals surface area contributed by atoms with Gasteiger partial charge in [-0.1, -0.05) is 50.2 Å². The molecule has 3 heteroatoms. The number of fused-ring (bicyclic) bond motifs is 2. The molecule has 26 heavy (non-hydrogen) atoms. The highest BCUT2D eigenvalue weighted by molar-refractivity contribution is 6.13. The summed E-state index contributed by atoms with van der Waals surface area (Å²) in [5.74, 6) is -0.0905. The number of nitrogens with zero attached hydrogens (tertiary/aromatic N) is 1. The molecule has 3 aromatic rings. The first-order chi connectivity index (χ1) is 12.3. The molecule has 0 atom stereocenters. The smallest absolute Gasteiger partial charge is 0.256 e. The molecule has 1 amide bonds. The van der Waals surface area contributed by atoms with Crippen LogP contribution in [0, 0.1) is 6.92 Å². The zero-order valence-electron chi connectivity index (χ0n) is 15.5. The molecule has 0 saturated heterocycles. The fourth-order valence-electron chi connectivity index (χ4n) is 3.99. The molecule has 1 radical (unpaired) electrons. The minimum Gasteiger partial charge on any atom is -0.373 e. The summed E-state index contributed by atoms with van der Waals surface area (Å²) in [6.45, 7) is 9.44. The van der Waals surface area contributed by atoms with Gasteiger partial charge in [0.05, 0.1) is 0 Å². The topological polar surface area (TPSA) is 32.3 Å². The number of carbonyl (C=O) groups excluding carboxylic acids is 1. The van der Waals surface area contributed by atoms with E-state index in [0.717, 1.165) is 28.6 Å². The molecule has 0 aromatic heterocycles. The van der Waals surface area contributed by atoms with Crippen LogP contribution in [0.5, 0.6) is 0 Å². The van der Waals surface area contributed by atoms with Crippen LogP contribution in [-0.4, -0.2) is 19.5 Å². The number of amides is 1. The largest absolute Gasteiger partial charge is 0.373 e. The van der Waals surface area contributed by atoms with Gasteiger partial charge in [-0.05, 0) is 47.0 Å². The van der Waals surface area contributed by atoms with E-state index in [9.17, 15) is 4.79 Å². The third kappa shape index (κ3) is 2.74. The minimum atomic E-state index is -0.0905. The van der Waals surface area contributed by atoms with Crippen molar-refractivity contribution in [1.29, 1.82) is 0 Å². The molecule has 131 valence electrons. The quantitative estimate of drug-likeness (QED) is 0.710. The summed E-state index contributed by atoms with van der Waals surface area (Å²) >= 11 is 0. The number of carbonyl (C=O) groups is 1. The molecule has 0 spiro atoms. The Balaban J connectivity index is 1.67. The summed E-state index contributed by atoms with van der Waals surface area (Å²) in [6, 6.07) is 17.9. The SMILES string of the molecule is [CH2]c1ccc2c(C(=O)Nc3ccc4c(c3)N(C)CC4(C)C)cccc2c1. The lowest BCUT2D eigenvalue weighted by molar-refractivity contribution is 0.102. The summed E-state index contributed by atoms with van der Waals surface area (Å²) < 4.78 is 0. The molecular formula is C23H23N2O. The number of hydrogen-bond acceptors (Lipinski definition) is 2. The molecule has 0 aliphatic carbocycles. The number of likely N-dealkylation sites (N-methyl/N-ethyl adjacent to an activating group) is 1. The van der Waals surface area contributed by atoms with Crippen molar-refractivity contribution in [3.63, 3.8) is 0 Å². The second-order valence-corrected chi connectivity index (χ2v) is 7.79. The Hall–Kier alpha value is -2.81. The van der Waals surface area contributed by atoms with Crippen molar-refractivity contribution in [2.75, 3.05) is 23.8 Å². The van der Waals surface area contributed by atoms with Gasteiger partial charge in [-0.3, -0.25) is 4.79 Å². The van der Waals surface area contributed by atoms with Gasteiger partial charge >= 0.3 is 0 Å². The lowest BCUT2D eigenvalue weighted by atomic mass is 9.87. The second kappa shape index (κ2) is 5.87. The van der Waals surface area contributed by atoms with Crippen molar-refractivity contribution >= 4 is 28.1 Å². The first kappa shape index (κ1) is 16.6. The molecule has 1 heterocycles. The Kier molecular flexibility index (Phi) is 3.76. The van der Waals surface area contributed by atoms with Crippen LogP contribution in [0.15, 0.2) is 54.6 Å². The van der Waals surface area contributed by atoms with Gasteiger partial charge in [0.1, 0.15) is 0 Å². The summed E-state index contributed by atoms with van der Waals surface area (Å²) in [5, 5.41) is 5.03. The van der Waals surface area contributed by atoms with Crippen LogP contribution in [0.1, 0.15) is 35.3 Å². The van der Waals surface area contributed by atoms with Gasteiger partial charge in [-0.2, -0.15) is 0 Å². The van der Waals surface area contributed by atoms with Crippen molar-refractivity contribution in [3.8, 4) is 0 Å². The van der Waals surface area contributed by atoms with E-state index in [-0.39, 0.29) is 11.3 Å². The Morgan fingerprint density at radius 2 is 1.92 bits per heavy atom. The minimum absolute atomic E-state index is 0.0905. The average Bonchev–Trinajstić information content (AvgIpc) is 2.82. The van der Waals surface area contributed by atoms with Crippen LogP contribution in [0.2, 0.25) is 0 Å². The Morgan fingerprint density at radius 3 is 2.73 bits per heavy atom. The Labute approximate surface area is 154 Å². The number of hydrogen-bond donors (Lipinski definition) is 1. The van der Waals surface area contributed by atoms with Crippen LogP contribution in [-0.2, 0) is 5.41 Å². The molecular weight excluding hydrogens is 320 g/mol. The fourth-order valence-corrected chi connectivity index (χ4v) is 3.99. The molecule has 0 unspecified atom stereocenters. The monoisotopic (exact) mass is 343 g/mol. The number of nitrogens with one attached hydrogen (secondary N) is 1. The van der Waals surface area contributed by atoms with Gasteiger partial charge in [-0.25, -0.2) is 0 Å². The highest BCUT2D eigenvalue weighted by Crippen LogP contribution is 2.40. The highest BCUT2D eigenvalue weighted by Gasteiger charge is 2.33. The van der Waals surface area contributed by atoms with E-state index in [1.807, 2.05) is 42.5 Å². The van der Waals surface area contributed by atoms with Crippen LogP contribution < -0.4 is 10.2 Å². The van der Waals surface area contributed by atoms with Crippen molar-refractivity contribution < 1.29 is 4.79 Å². The lowest BCUT2D eigenvalue weighted by Crippen LogP contribution is -2.24. The van der Waals surface area contributed by atoms with Crippen molar-refractivity contribution in [1.82, 2.24) is 0 Å². The molecule has 3 nitrogen and oxygen atoms in total. The van der Waals surface area contributed by atoms with Crippen LogP contribution in [0.25, 0.3) is 10.8 Å².